The minimum atomic E-state index is -0.475. The van der Waals surface area contributed by atoms with Gasteiger partial charge in [-0.25, -0.2) is 4.79 Å². The number of amides is 1. The Morgan fingerprint density at radius 3 is 2.74 bits per heavy atom. The minimum Gasteiger partial charge on any atom is -0.465 e. The van der Waals surface area contributed by atoms with Crippen LogP contribution in [-0.4, -0.2) is 19.0 Å². The van der Waals surface area contributed by atoms with Crippen LogP contribution >= 0.6 is 11.6 Å². The molecule has 1 N–H and O–H groups in total. The molecule has 0 spiro atoms. The lowest BCUT2D eigenvalue weighted by Gasteiger charge is -2.05. The normalized spacial score (nSPS) is 10.0. The molecule has 0 radical (unpaired) electrons. The summed E-state index contributed by atoms with van der Waals surface area (Å²) in [6.45, 7) is 0. The average Bonchev–Trinajstić information content (AvgIpc) is 2.84. The molecule has 0 saturated heterocycles. The van der Waals surface area contributed by atoms with Crippen LogP contribution in [-0.2, 0) is 4.74 Å². The third-order valence-corrected chi connectivity index (χ3v) is 2.70. The molecule has 0 saturated carbocycles. The van der Waals surface area contributed by atoms with E-state index in [0.29, 0.717) is 11.3 Å². The van der Waals surface area contributed by atoms with E-state index in [1.54, 1.807) is 18.2 Å². The minimum absolute atomic E-state index is 0.0154. The van der Waals surface area contributed by atoms with Gasteiger partial charge in [-0.2, -0.15) is 0 Å². The number of furan rings is 1. The Bertz CT molecular complexity index is 621. The molecule has 1 amide bonds. The van der Waals surface area contributed by atoms with Gasteiger partial charge in [0.25, 0.3) is 5.91 Å². The smallest absolute Gasteiger partial charge is 0.337 e. The first-order valence-electron chi connectivity index (χ1n) is 5.34. The van der Waals surface area contributed by atoms with Crippen molar-refractivity contribution >= 4 is 29.2 Å². The maximum Gasteiger partial charge on any atom is 0.337 e. The maximum absolute atomic E-state index is 11.9. The number of carbonyl (C=O) groups is 2. The first kappa shape index (κ1) is 13.2. The second-order valence-corrected chi connectivity index (χ2v) is 3.98. The fraction of sp³-hybridized carbons (Fsp3) is 0.0769. The van der Waals surface area contributed by atoms with Crippen molar-refractivity contribution in [1.82, 2.24) is 0 Å². The fourth-order valence-electron chi connectivity index (χ4n) is 1.50. The second-order valence-electron chi connectivity index (χ2n) is 3.63. The van der Waals surface area contributed by atoms with Crippen molar-refractivity contribution in [2.24, 2.45) is 0 Å². The molecule has 6 heteroatoms. The van der Waals surface area contributed by atoms with Gasteiger partial charge in [0.1, 0.15) is 0 Å². The van der Waals surface area contributed by atoms with E-state index in [1.807, 2.05) is 0 Å². The number of rotatable bonds is 3. The molecular formula is C13H10ClNO4. The third-order valence-electron chi connectivity index (χ3n) is 2.40. The molecule has 1 aromatic carbocycles. The van der Waals surface area contributed by atoms with Crippen LogP contribution in [0.3, 0.4) is 0 Å². The summed E-state index contributed by atoms with van der Waals surface area (Å²) in [5.74, 6) is -0.891. The lowest BCUT2D eigenvalue weighted by Crippen LogP contribution is -2.12. The molecule has 0 aliphatic heterocycles. The molecule has 1 heterocycles. The van der Waals surface area contributed by atoms with E-state index in [4.69, 9.17) is 16.0 Å². The van der Waals surface area contributed by atoms with Gasteiger partial charge in [0.2, 0.25) is 5.22 Å². The average molecular weight is 280 g/mol. The van der Waals surface area contributed by atoms with Gasteiger partial charge in [-0.15, -0.1) is 0 Å². The Balaban J connectivity index is 2.18. The quantitative estimate of drug-likeness (QED) is 0.877. The highest BCUT2D eigenvalue weighted by Crippen LogP contribution is 2.19. The molecule has 5 nitrogen and oxygen atoms in total. The lowest BCUT2D eigenvalue weighted by molar-refractivity contribution is 0.0600. The Morgan fingerprint density at radius 2 is 2.11 bits per heavy atom. The molecule has 0 atom stereocenters. The van der Waals surface area contributed by atoms with Crippen molar-refractivity contribution in [3.63, 3.8) is 0 Å². The summed E-state index contributed by atoms with van der Waals surface area (Å²) < 4.78 is 9.43. The van der Waals surface area contributed by atoms with Crippen molar-refractivity contribution in [3.05, 3.63) is 52.9 Å². The van der Waals surface area contributed by atoms with Gasteiger partial charge in [0, 0.05) is 5.69 Å². The van der Waals surface area contributed by atoms with Crippen molar-refractivity contribution < 1.29 is 18.7 Å². The third kappa shape index (κ3) is 2.95. The topological polar surface area (TPSA) is 68.5 Å². The van der Waals surface area contributed by atoms with Crippen molar-refractivity contribution in [2.45, 2.75) is 0 Å². The highest BCUT2D eigenvalue weighted by Gasteiger charge is 2.14. The number of nitrogens with one attached hydrogen (secondary N) is 1. The van der Waals surface area contributed by atoms with Gasteiger partial charge >= 0.3 is 5.97 Å². The predicted octanol–water partition coefficient (Wildman–Crippen LogP) is 2.97. The zero-order valence-corrected chi connectivity index (χ0v) is 10.7. The van der Waals surface area contributed by atoms with Gasteiger partial charge in [0.15, 0.2) is 0 Å². The van der Waals surface area contributed by atoms with Crippen molar-refractivity contribution in [3.8, 4) is 0 Å². The number of ether oxygens (including phenoxy) is 1. The van der Waals surface area contributed by atoms with E-state index in [-0.39, 0.29) is 10.8 Å². The molecule has 0 bridgehead atoms. The zero-order chi connectivity index (χ0) is 13.8. The van der Waals surface area contributed by atoms with E-state index in [0.717, 1.165) is 0 Å². The predicted molar refractivity (Wildman–Crippen MR) is 69.5 cm³/mol. The highest BCUT2D eigenvalue weighted by molar-refractivity contribution is 6.32. The molecule has 0 aliphatic rings. The Labute approximate surface area is 114 Å². The number of hydrogen-bond acceptors (Lipinski definition) is 4. The van der Waals surface area contributed by atoms with E-state index >= 15 is 0 Å². The molecule has 19 heavy (non-hydrogen) atoms. The molecule has 0 fully saturated rings. The monoisotopic (exact) mass is 279 g/mol. The maximum atomic E-state index is 11.9. The lowest BCUT2D eigenvalue weighted by atomic mass is 10.2. The first-order chi connectivity index (χ1) is 9.11. The summed E-state index contributed by atoms with van der Waals surface area (Å²) in [4.78, 5) is 23.2. The van der Waals surface area contributed by atoms with Gasteiger partial charge in [-0.1, -0.05) is 6.07 Å². The highest BCUT2D eigenvalue weighted by atomic mass is 35.5. The molecule has 2 rings (SSSR count). The van der Waals surface area contributed by atoms with Crippen LogP contribution < -0.4 is 5.32 Å². The Hall–Kier alpha value is -2.27. The Kier molecular flexibility index (Phi) is 3.87. The van der Waals surface area contributed by atoms with Crippen LogP contribution in [0.15, 0.2) is 41.0 Å². The molecule has 0 aliphatic carbocycles. The van der Waals surface area contributed by atoms with E-state index < -0.39 is 11.9 Å². The summed E-state index contributed by atoms with van der Waals surface area (Å²) in [5, 5.41) is 2.63. The number of anilines is 1. The standard InChI is InChI=1S/C13H10ClNO4/c1-18-13(17)8-3-2-4-9(7-8)15-12(16)10-5-6-19-11(10)14/h2-7H,1H3,(H,15,16). The summed E-state index contributed by atoms with van der Waals surface area (Å²) in [6, 6.07) is 7.85. The SMILES string of the molecule is COC(=O)c1cccc(NC(=O)c2ccoc2Cl)c1. The number of benzene rings is 1. The summed E-state index contributed by atoms with van der Waals surface area (Å²) in [6.07, 6.45) is 1.32. The number of hydrogen-bond donors (Lipinski definition) is 1. The molecule has 1 aromatic heterocycles. The van der Waals surface area contributed by atoms with Gasteiger partial charge in [-0.3, -0.25) is 4.79 Å². The van der Waals surface area contributed by atoms with Gasteiger partial charge in [-0.05, 0) is 35.9 Å². The van der Waals surface area contributed by atoms with E-state index in [1.165, 1.54) is 25.5 Å². The molecule has 0 unspecified atom stereocenters. The summed E-state index contributed by atoms with van der Waals surface area (Å²) >= 11 is 5.70. The number of carbonyl (C=O) groups excluding carboxylic acids is 2. The van der Waals surface area contributed by atoms with Crippen LogP contribution in [0.1, 0.15) is 20.7 Å². The van der Waals surface area contributed by atoms with Crippen LogP contribution in [0.5, 0.6) is 0 Å². The fourth-order valence-corrected chi connectivity index (χ4v) is 1.70. The largest absolute Gasteiger partial charge is 0.465 e. The number of halogens is 1. The van der Waals surface area contributed by atoms with Crippen LogP contribution in [0.4, 0.5) is 5.69 Å². The van der Waals surface area contributed by atoms with Crippen LogP contribution in [0, 0.1) is 0 Å². The van der Waals surface area contributed by atoms with Crippen LogP contribution in [0.2, 0.25) is 5.22 Å². The Morgan fingerprint density at radius 1 is 1.32 bits per heavy atom. The van der Waals surface area contributed by atoms with Crippen LogP contribution in [0.25, 0.3) is 0 Å². The zero-order valence-electron chi connectivity index (χ0n) is 9.98. The molecule has 98 valence electrons. The summed E-state index contributed by atoms with van der Waals surface area (Å²) in [5.41, 5.74) is 1.04. The van der Waals surface area contributed by atoms with E-state index in [2.05, 4.69) is 10.1 Å². The van der Waals surface area contributed by atoms with E-state index in [9.17, 15) is 9.59 Å². The number of methoxy groups -OCH3 is 1. The van der Waals surface area contributed by atoms with Crippen molar-refractivity contribution in [1.29, 1.82) is 0 Å². The molecule has 2 aromatic rings. The second kappa shape index (κ2) is 5.58. The number of esters is 1. The molecular weight excluding hydrogens is 270 g/mol. The summed E-state index contributed by atoms with van der Waals surface area (Å²) in [7, 11) is 1.29. The van der Waals surface area contributed by atoms with Crippen molar-refractivity contribution in [2.75, 3.05) is 12.4 Å². The van der Waals surface area contributed by atoms with Gasteiger partial charge in [0.05, 0.1) is 24.5 Å². The van der Waals surface area contributed by atoms with Gasteiger partial charge < -0.3 is 14.5 Å². The first-order valence-corrected chi connectivity index (χ1v) is 5.72.